The largest absolute Gasteiger partial charge is 0.355 e. The molecule has 0 atom stereocenters. The van der Waals surface area contributed by atoms with Crippen LogP contribution in [0.5, 0.6) is 0 Å². The Morgan fingerprint density at radius 3 is 2.94 bits per heavy atom. The molecule has 0 spiro atoms. The van der Waals surface area contributed by atoms with Crippen molar-refractivity contribution in [3.05, 3.63) is 35.4 Å². The monoisotopic (exact) mass is 244 g/mol. The number of amides is 1. The summed E-state index contributed by atoms with van der Waals surface area (Å²) in [5.41, 5.74) is 2.26. The lowest BCUT2D eigenvalue weighted by atomic mass is 10.1. The highest BCUT2D eigenvalue weighted by molar-refractivity contribution is 5.72. The highest BCUT2D eigenvalue weighted by atomic mass is 16.1. The third-order valence-electron chi connectivity index (χ3n) is 2.36. The van der Waals surface area contributed by atoms with Gasteiger partial charge in [-0.05, 0) is 24.2 Å². The van der Waals surface area contributed by atoms with Crippen LogP contribution in [0.2, 0.25) is 0 Å². The average molecular weight is 244 g/mol. The molecule has 0 radical (unpaired) electrons. The summed E-state index contributed by atoms with van der Waals surface area (Å²) in [5.74, 6) is 6.15. The third kappa shape index (κ3) is 6.07. The van der Waals surface area contributed by atoms with Crippen LogP contribution in [0.1, 0.15) is 31.4 Å². The van der Waals surface area contributed by atoms with Gasteiger partial charge in [0.1, 0.15) is 0 Å². The first-order chi connectivity index (χ1) is 8.72. The van der Waals surface area contributed by atoms with Crippen molar-refractivity contribution in [1.82, 2.24) is 10.6 Å². The van der Waals surface area contributed by atoms with E-state index in [1.807, 2.05) is 12.1 Å². The van der Waals surface area contributed by atoms with E-state index in [0.29, 0.717) is 13.0 Å². The van der Waals surface area contributed by atoms with E-state index in [0.717, 1.165) is 18.7 Å². The summed E-state index contributed by atoms with van der Waals surface area (Å²) in [7, 11) is 0. The Kier molecular flexibility index (Phi) is 6.60. The first kappa shape index (κ1) is 14.3. The second-order valence-electron chi connectivity index (χ2n) is 4.02. The van der Waals surface area contributed by atoms with Crippen LogP contribution >= 0.6 is 0 Å². The standard InChI is InChI=1S/C15H20N2O/c1-3-16-12-15-9-6-8-14(11-15)7-4-5-10-17-13(2)18/h6,8-9,11,16H,3,5,10,12H2,1-2H3,(H,17,18). The smallest absolute Gasteiger partial charge is 0.216 e. The zero-order valence-electron chi connectivity index (χ0n) is 11.0. The van der Waals surface area contributed by atoms with E-state index in [1.165, 1.54) is 12.5 Å². The van der Waals surface area contributed by atoms with Gasteiger partial charge in [0.2, 0.25) is 5.91 Å². The fourth-order valence-electron chi connectivity index (χ4n) is 1.49. The van der Waals surface area contributed by atoms with E-state index in [1.54, 1.807) is 0 Å². The SMILES string of the molecule is CCNCc1cccc(C#CCCNC(C)=O)c1. The molecule has 0 bridgehead atoms. The summed E-state index contributed by atoms with van der Waals surface area (Å²) in [6, 6.07) is 8.20. The van der Waals surface area contributed by atoms with E-state index in [4.69, 9.17) is 0 Å². The molecule has 3 nitrogen and oxygen atoms in total. The Bertz CT molecular complexity index is 443. The molecule has 0 aliphatic carbocycles. The van der Waals surface area contributed by atoms with E-state index >= 15 is 0 Å². The fourth-order valence-corrected chi connectivity index (χ4v) is 1.49. The zero-order chi connectivity index (χ0) is 13.2. The molecule has 1 amide bonds. The minimum absolute atomic E-state index is 0.00978. The van der Waals surface area contributed by atoms with Crippen molar-refractivity contribution < 1.29 is 4.79 Å². The van der Waals surface area contributed by atoms with Gasteiger partial charge in [0.25, 0.3) is 0 Å². The molecular weight excluding hydrogens is 224 g/mol. The molecule has 0 saturated heterocycles. The van der Waals surface area contributed by atoms with Crippen molar-refractivity contribution in [2.45, 2.75) is 26.8 Å². The molecule has 0 saturated carbocycles. The Morgan fingerprint density at radius 1 is 1.39 bits per heavy atom. The molecule has 0 aromatic heterocycles. The first-order valence-corrected chi connectivity index (χ1v) is 6.25. The van der Waals surface area contributed by atoms with Crippen molar-refractivity contribution in [2.75, 3.05) is 13.1 Å². The molecule has 0 heterocycles. The summed E-state index contributed by atoms with van der Waals surface area (Å²) in [5, 5.41) is 6.00. The lowest BCUT2D eigenvalue weighted by Gasteiger charge is -2.01. The molecule has 1 rings (SSSR count). The molecule has 3 heteroatoms. The second kappa shape index (κ2) is 8.32. The lowest BCUT2D eigenvalue weighted by molar-refractivity contribution is -0.118. The maximum atomic E-state index is 10.7. The lowest BCUT2D eigenvalue weighted by Crippen LogP contribution is -2.20. The van der Waals surface area contributed by atoms with Gasteiger partial charge in [0.15, 0.2) is 0 Å². The van der Waals surface area contributed by atoms with E-state index < -0.39 is 0 Å². The van der Waals surface area contributed by atoms with Crippen LogP contribution in [0, 0.1) is 11.8 Å². The number of carbonyl (C=O) groups excluding carboxylic acids is 1. The number of rotatable bonds is 5. The number of hydrogen-bond acceptors (Lipinski definition) is 2. The van der Waals surface area contributed by atoms with Gasteiger partial charge in [0.05, 0.1) is 0 Å². The van der Waals surface area contributed by atoms with Crippen molar-refractivity contribution in [3.8, 4) is 11.8 Å². The summed E-state index contributed by atoms with van der Waals surface area (Å²) in [4.78, 5) is 10.7. The molecule has 0 unspecified atom stereocenters. The highest BCUT2D eigenvalue weighted by Crippen LogP contribution is 2.03. The third-order valence-corrected chi connectivity index (χ3v) is 2.36. The van der Waals surface area contributed by atoms with E-state index in [9.17, 15) is 4.79 Å². The number of hydrogen-bond donors (Lipinski definition) is 2. The van der Waals surface area contributed by atoms with Gasteiger partial charge in [-0.2, -0.15) is 0 Å². The minimum Gasteiger partial charge on any atom is -0.355 e. The average Bonchev–Trinajstić information content (AvgIpc) is 2.36. The first-order valence-electron chi connectivity index (χ1n) is 6.25. The van der Waals surface area contributed by atoms with Crippen molar-refractivity contribution in [3.63, 3.8) is 0 Å². The van der Waals surface area contributed by atoms with Gasteiger partial charge in [-0.3, -0.25) is 4.79 Å². The van der Waals surface area contributed by atoms with Crippen molar-refractivity contribution >= 4 is 5.91 Å². The molecule has 96 valence electrons. The second-order valence-corrected chi connectivity index (χ2v) is 4.02. The highest BCUT2D eigenvalue weighted by Gasteiger charge is 1.92. The molecule has 1 aromatic rings. The quantitative estimate of drug-likeness (QED) is 0.611. The summed E-state index contributed by atoms with van der Waals surface area (Å²) in [6.07, 6.45) is 0.678. The predicted molar refractivity (Wildman–Crippen MR) is 74.0 cm³/mol. The zero-order valence-corrected chi connectivity index (χ0v) is 11.0. The van der Waals surface area contributed by atoms with Gasteiger partial charge in [0, 0.05) is 32.0 Å². The van der Waals surface area contributed by atoms with Crippen LogP contribution in [0.25, 0.3) is 0 Å². The normalized spacial score (nSPS) is 9.44. The maximum absolute atomic E-state index is 10.7. The van der Waals surface area contributed by atoms with Crippen molar-refractivity contribution in [2.24, 2.45) is 0 Å². The van der Waals surface area contributed by atoms with Crippen LogP contribution in [0.15, 0.2) is 24.3 Å². The van der Waals surface area contributed by atoms with Gasteiger partial charge < -0.3 is 10.6 Å². The van der Waals surface area contributed by atoms with E-state index in [2.05, 4.69) is 41.5 Å². The van der Waals surface area contributed by atoms with Crippen LogP contribution in [-0.4, -0.2) is 19.0 Å². The molecule has 18 heavy (non-hydrogen) atoms. The predicted octanol–water partition coefficient (Wildman–Crippen LogP) is 1.67. The topological polar surface area (TPSA) is 41.1 Å². The number of benzene rings is 1. The Morgan fingerprint density at radius 2 is 2.22 bits per heavy atom. The summed E-state index contributed by atoms with van der Waals surface area (Å²) in [6.45, 7) is 6.05. The molecule has 0 aliphatic rings. The van der Waals surface area contributed by atoms with Crippen LogP contribution < -0.4 is 10.6 Å². The fraction of sp³-hybridized carbons (Fsp3) is 0.400. The Hall–Kier alpha value is -1.79. The van der Waals surface area contributed by atoms with Crippen LogP contribution in [-0.2, 0) is 11.3 Å². The minimum atomic E-state index is -0.00978. The maximum Gasteiger partial charge on any atom is 0.216 e. The van der Waals surface area contributed by atoms with Gasteiger partial charge in [-0.1, -0.05) is 30.9 Å². The van der Waals surface area contributed by atoms with E-state index in [-0.39, 0.29) is 5.91 Å². The molecular formula is C15H20N2O. The van der Waals surface area contributed by atoms with Crippen molar-refractivity contribution in [1.29, 1.82) is 0 Å². The molecule has 0 fully saturated rings. The van der Waals surface area contributed by atoms with Gasteiger partial charge >= 0.3 is 0 Å². The van der Waals surface area contributed by atoms with Crippen LogP contribution in [0.3, 0.4) is 0 Å². The summed E-state index contributed by atoms with van der Waals surface area (Å²) >= 11 is 0. The molecule has 0 aliphatic heterocycles. The van der Waals surface area contributed by atoms with Crippen LogP contribution in [0.4, 0.5) is 0 Å². The Balaban J connectivity index is 2.46. The Labute approximate surface area is 109 Å². The van der Waals surface area contributed by atoms with Gasteiger partial charge in [-0.25, -0.2) is 0 Å². The molecule has 2 N–H and O–H groups in total. The van der Waals surface area contributed by atoms with Gasteiger partial charge in [-0.15, -0.1) is 0 Å². The number of carbonyl (C=O) groups is 1. The number of nitrogens with one attached hydrogen (secondary N) is 2. The molecule has 1 aromatic carbocycles. The summed E-state index contributed by atoms with van der Waals surface area (Å²) < 4.78 is 0.